The highest BCUT2D eigenvalue weighted by atomic mass is 79.9. The third kappa shape index (κ3) is 2.46. The number of benzene rings is 1. The summed E-state index contributed by atoms with van der Waals surface area (Å²) >= 11 is 3.28. The van der Waals surface area contributed by atoms with Crippen LogP contribution in [0.3, 0.4) is 0 Å². The maximum atomic E-state index is 13.7. The second kappa shape index (κ2) is 4.46. The van der Waals surface area contributed by atoms with Crippen LogP contribution in [-0.2, 0) is 6.42 Å². The molecule has 1 saturated carbocycles. The summed E-state index contributed by atoms with van der Waals surface area (Å²) in [5.41, 5.74) is 1.17. The Labute approximate surface area is 105 Å². The van der Waals surface area contributed by atoms with Crippen molar-refractivity contribution < 1.29 is 4.39 Å². The van der Waals surface area contributed by atoms with E-state index in [1.165, 1.54) is 18.9 Å². The van der Waals surface area contributed by atoms with Gasteiger partial charge in [0.1, 0.15) is 5.82 Å². The van der Waals surface area contributed by atoms with Crippen molar-refractivity contribution in [3.63, 3.8) is 0 Å². The molecule has 1 aromatic carbocycles. The largest absolute Gasteiger partial charge is 0.316 e. The average molecular weight is 286 g/mol. The highest BCUT2D eigenvalue weighted by molar-refractivity contribution is 9.10. The molecule has 1 fully saturated rings. The minimum absolute atomic E-state index is 0.112. The van der Waals surface area contributed by atoms with Gasteiger partial charge in [-0.15, -0.1) is 0 Å². The van der Waals surface area contributed by atoms with Gasteiger partial charge in [-0.3, -0.25) is 0 Å². The standard InChI is InChI=1S/C13H17BrFN/c1-13(5-6-13)12(16-2)7-9-3-4-10(14)8-11(9)15/h3-4,8,12,16H,5-7H2,1-2H3. The normalized spacial score (nSPS) is 19.5. The predicted molar refractivity (Wildman–Crippen MR) is 68.0 cm³/mol. The highest BCUT2D eigenvalue weighted by Gasteiger charge is 2.44. The molecule has 1 aromatic rings. The van der Waals surface area contributed by atoms with E-state index in [1.807, 2.05) is 19.2 Å². The number of halogens is 2. The Balaban J connectivity index is 2.13. The molecule has 1 unspecified atom stereocenters. The Kier molecular flexibility index (Phi) is 3.36. The molecular formula is C13H17BrFN. The van der Waals surface area contributed by atoms with Crippen LogP contribution in [0.2, 0.25) is 0 Å². The van der Waals surface area contributed by atoms with Crippen LogP contribution in [0.15, 0.2) is 22.7 Å². The molecule has 0 bridgehead atoms. The topological polar surface area (TPSA) is 12.0 Å². The van der Waals surface area contributed by atoms with E-state index in [-0.39, 0.29) is 5.82 Å². The van der Waals surface area contributed by atoms with Crippen molar-refractivity contribution in [2.75, 3.05) is 7.05 Å². The highest BCUT2D eigenvalue weighted by Crippen LogP contribution is 2.48. The smallest absolute Gasteiger partial charge is 0.127 e. The summed E-state index contributed by atoms with van der Waals surface area (Å²) < 4.78 is 14.5. The minimum Gasteiger partial charge on any atom is -0.316 e. The van der Waals surface area contributed by atoms with Crippen LogP contribution in [-0.4, -0.2) is 13.1 Å². The lowest BCUT2D eigenvalue weighted by molar-refractivity contribution is 0.372. The maximum Gasteiger partial charge on any atom is 0.127 e. The van der Waals surface area contributed by atoms with E-state index in [9.17, 15) is 4.39 Å². The van der Waals surface area contributed by atoms with Gasteiger partial charge in [-0.25, -0.2) is 4.39 Å². The van der Waals surface area contributed by atoms with Crippen molar-refractivity contribution in [2.24, 2.45) is 5.41 Å². The van der Waals surface area contributed by atoms with Gasteiger partial charge in [0.25, 0.3) is 0 Å². The number of likely N-dealkylation sites (N-methyl/N-ethyl adjacent to an activating group) is 1. The van der Waals surface area contributed by atoms with Gasteiger partial charge in [0.05, 0.1) is 0 Å². The van der Waals surface area contributed by atoms with E-state index in [4.69, 9.17) is 0 Å². The molecule has 88 valence electrons. The first-order valence-corrected chi connectivity index (χ1v) is 6.46. The zero-order chi connectivity index (χ0) is 11.8. The Hall–Kier alpha value is -0.410. The molecule has 0 aromatic heterocycles. The van der Waals surface area contributed by atoms with Gasteiger partial charge in [0.2, 0.25) is 0 Å². The van der Waals surface area contributed by atoms with Gasteiger partial charge in [-0.05, 0) is 49.4 Å². The van der Waals surface area contributed by atoms with Gasteiger partial charge in [0, 0.05) is 10.5 Å². The number of nitrogens with one attached hydrogen (secondary N) is 1. The number of hydrogen-bond acceptors (Lipinski definition) is 1. The summed E-state index contributed by atoms with van der Waals surface area (Å²) in [7, 11) is 1.96. The van der Waals surface area contributed by atoms with Crippen molar-refractivity contribution in [3.05, 3.63) is 34.1 Å². The lowest BCUT2D eigenvalue weighted by atomic mass is 9.92. The molecule has 0 radical (unpaired) electrons. The van der Waals surface area contributed by atoms with E-state index in [0.29, 0.717) is 11.5 Å². The third-order valence-electron chi connectivity index (χ3n) is 3.67. The molecule has 1 aliphatic rings. The maximum absolute atomic E-state index is 13.7. The zero-order valence-electron chi connectivity index (χ0n) is 9.69. The summed E-state index contributed by atoms with van der Waals surface area (Å²) in [6.45, 7) is 2.27. The molecular weight excluding hydrogens is 269 g/mol. The second-order valence-corrected chi connectivity index (χ2v) is 5.85. The minimum atomic E-state index is -0.112. The van der Waals surface area contributed by atoms with E-state index >= 15 is 0 Å². The van der Waals surface area contributed by atoms with E-state index in [0.717, 1.165) is 16.5 Å². The lowest BCUT2D eigenvalue weighted by Gasteiger charge is -2.23. The molecule has 0 amide bonds. The fourth-order valence-corrected chi connectivity index (χ4v) is 2.48. The number of rotatable bonds is 4. The molecule has 1 nitrogen and oxygen atoms in total. The monoisotopic (exact) mass is 285 g/mol. The summed E-state index contributed by atoms with van der Waals surface area (Å²) in [5, 5.41) is 3.32. The first kappa shape index (κ1) is 12.1. The SMILES string of the molecule is CNC(Cc1ccc(Br)cc1F)C1(C)CC1. The molecule has 2 rings (SSSR count). The second-order valence-electron chi connectivity index (χ2n) is 4.94. The first-order chi connectivity index (χ1) is 7.55. The molecule has 0 aliphatic heterocycles. The molecule has 1 N–H and O–H groups in total. The lowest BCUT2D eigenvalue weighted by Crippen LogP contribution is -2.35. The van der Waals surface area contributed by atoms with Crippen LogP contribution in [0, 0.1) is 11.2 Å². The van der Waals surface area contributed by atoms with Gasteiger partial charge >= 0.3 is 0 Å². The van der Waals surface area contributed by atoms with Crippen LogP contribution in [0.1, 0.15) is 25.3 Å². The predicted octanol–water partition coefficient (Wildman–Crippen LogP) is 3.52. The van der Waals surface area contributed by atoms with Crippen molar-refractivity contribution in [1.82, 2.24) is 5.32 Å². The Morgan fingerprint density at radius 2 is 2.19 bits per heavy atom. The van der Waals surface area contributed by atoms with Gasteiger partial charge < -0.3 is 5.32 Å². The summed E-state index contributed by atoms with van der Waals surface area (Å²) in [4.78, 5) is 0. The van der Waals surface area contributed by atoms with Crippen LogP contribution in [0.25, 0.3) is 0 Å². The molecule has 0 saturated heterocycles. The van der Waals surface area contributed by atoms with Crippen molar-refractivity contribution in [1.29, 1.82) is 0 Å². The Morgan fingerprint density at radius 1 is 1.50 bits per heavy atom. The average Bonchev–Trinajstić information content (AvgIpc) is 2.96. The Morgan fingerprint density at radius 3 is 2.69 bits per heavy atom. The van der Waals surface area contributed by atoms with Gasteiger partial charge in [0.15, 0.2) is 0 Å². The van der Waals surface area contributed by atoms with Crippen molar-refractivity contribution >= 4 is 15.9 Å². The summed E-state index contributed by atoms with van der Waals surface area (Å²) in [6, 6.07) is 5.69. The fraction of sp³-hybridized carbons (Fsp3) is 0.538. The van der Waals surface area contributed by atoms with Crippen LogP contribution in [0.5, 0.6) is 0 Å². The van der Waals surface area contributed by atoms with Crippen molar-refractivity contribution in [2.45, 2.75) is 32.2 Å². The zero-order valence-corrected chi connectivity index (χ0v) is 11.3. The molecule has 3 heteroatoms. The van der Waals surface area contributed by atoms with Crippen LogP contribution in [0.4, 0.5) is 4.39 Å². The van der Waals surface area contributed by atoms with Crippen LogP contribution < -0.4 is 5.32 Å². The summed E-state index contributed by atoms with van der Waals surface area (Å²) in [6.07, 6.45) is 3.26. The first-order valence-electron chi connectivity index (χ1n) is 5.66. The molecule has 0 spiro atoms. The fourth-order valence-electron chi connectivity index (χ4n) is 2.15. The van der Waals surface area contributed by atoms with Crippen LogP contribution >= 0.6 is 15.9 Å². The molecule has 16 heavy (non-hydrogen) atoms. The van der Waals surface area contributed by atoms with Gasteiger partial charge in [-0.2, -0.15) is 0 Å². The Bertz CT molecular complexity index is 388. The summed E-state index contributed by atoms with van der Waals surface area (Å²) in [5.74, 6) is -0.112. The third-order valence-corrected chi connectivity index (χ3v) is 4.16. The molecule has 1 atom stereocenters. The van der Waals surface area contributed by atoms with Crippen molar-refractivity contribution in [3.8, 4) is 0 Å². The van der Waals surface area contributed by atoms with Gasteiger partial charge in [-0.1, -0.05) is 28.9 Å². The van der Waals surface area contributed by atoms with E-state index in [2.05, 4.69) is 28.2 Å². The molecule has 0 heterocycles. The van der Waals surface area contributed by atoms with E-state index in [1.54, 1.807) is 0 Å². The number of hydrogen-bond donors (Lipinski definition) is 1. The molecule has 1 aliphatic carbocycles. The quantitative estimate of drug-likeness (QED) is 0.893. The van der Waals surface area contributed by atoms with E-state index < -0.39 is 0 Å².